The van der Waals surface area contributed by atoms with Crippen LogP contribution in [0.3, 0.4) is 0 Å². The number of halogens is 2. The molecule has 2 atom stereocenters. The van der Waals surface area contributed by atoms with Gasteiger partial charge >= 0.3 is 7.60 Å². The van der Waals surface area contributed by atoms with Gasteiger partial charge in [-0.25, -0.2) is 8.78 Å². The van der Waals surface area contributed by atoms with Gasteiger partial charge in [0.15, 0.2) is 11.6 Å². The number of hydrogen-bond acceptors (Lipinski definition) is 3. The maximum atomic E-state index is 13.6. The van der Waals surface area contributed by atoms with E-state index in [2.05, 4.69) is 0 Å². The summed E-state index contributed by atoms with van der Waals surface area (Å²) in [7, 11) is -4.00. The molecule has 26 heavy (non-hydrogen) atoms. The largest absolute Gasteiger partial charge is 0.336 e. The predicted octanol–water partition coefficient (Wildman–Crippen LogP) is 5.99. The first-order valence-corrected chi connectivity index (χ1v) is 10.7. The fourth-order valence-corrected chi connectivity index (χ4v) is 6.27. The molecule has 0 fully saturated rings. The van der Waals surface area contributed by atoms with E-state index in [-0.39, 0.29) is 13.0 Å². The molecule has 0 saturated heterocycles. The summed E-state index contributed by atoms with van der Waals surface area (Å²) < 4.78 is 45.9. The molecule has 3 nitrogen and oxygen atoms in total. The molecule has 7 heteroatoms. The predicted molar refractivity (Wildman–Crippen MR) is 101 cm³/mol. The lowest BCUT2D eigenvalue weighted by atomic mass is 10.0. The average molecular weight is 396 g/mol. The first-order chi connectivity index (χ1) is 12.3. The van der Waals surface area contributed by atoms with Gasteiger partial charge in [0.1, 0.15) is 0 Å². The molecule has 0 bridgehead atoms. The molecule has 3 aromatic rings. The molecule has 138 valence electrons. The van der Waals surface area contributed by atoms with Crippen LogP contribution < -0.4 is 0 Å². The van der Waals surface area contributed by atoms with Gasteiger partial charge in [-0.2, -0.15) is 0 Å². The molecular formula is C19H19F2O3PS. The van der Waals surface area contributed by atoms with Crippen molar-refractivity contribution >= 4 is 29.0 Å². The Kier molecular flexibility index (Phi) is 5.58. The highest BCUT2D eigenvalue weighted by molar-refractivity contribution is 7.53. The minimum atomic E-state index is -4.00. The third kappa shape index (κ3) is 3.74. The van der Waals surface area contributed by atoms with Crippen LogP contribution in [-0.4, -0.2) is 11.5 Å². The molecule has 0 saturated carbocycles. The van der Waals surface area contributed by atoms with Gasteiger partial charge in [0.25, 0.3) is 0 Å². The second-order valence-corrected chi connectivity index (χ2v) is 9.13. The Morgan fingerprint density at radius 2 is 1.92 bits per heavy atom. The summed E-state index contributed by atoms with van der Waals surface area (Å²) in [5.74, 6) is -1.92. The van der Waals surface area contributed by atoms with E-state index < -0.39 is 24.9 Å². The van der Waals surface area contributed by atoms with Crippen molar-refractivity contribution in [1.29, 1.82) is 0 Å². The molecule has 2 unspecified atom stereocenters. The van der Waals surface area contributed by atoms with Crippen molar-refractivity contribution in [3.05, 3.63) is 70.1 Å². The summed E-state index contributed by atoms with van der Waals surface area (Å²) in [5.41, 5.74) is 0.511. The van der Waals surface area contributed by atoms with E-state index in [0.29, 0.717) is 5.56 Å². The normalized spacial score (nSPS) is 15.1. The summed E-state index contributed by atoms with van der Waals surface area (Å²) in [6, 6.07) is 11.3. The molecule has 1 aromatic heterocycles. The number of fused-ring (bicyclic) bond motifs is 1. The lowest BCUT2D eigenvalue weighted by Gasteiger charge is -2.22. The van der Waals surface area contributed by atoms with Gasteiger partial charge in [-0.05, 0) is 55.0 Å². The Morgan fingerprint density at radius 1 is 1.19 bits per heavy atom. The molecule has 0 spiro atoms. The third-order valence-corrected chi connectivity index (χ3v) is 7.72. The fourth-order valence-electron chi connectivity index (χ4n) is 3.03. The highest BCUT2D eigenvalue weighted by Gasteiger charge is 2.36. The van der Waals surface area contributed by atoms with Crippen LogP contribution in [0.5, 0.6) is 0 Å². The van der Waals surface area contributed by atoms with Crippen LogP contribution >= 0.6 is 18.9 Å². The Balaban J connectivity index is 2.09. The smallest absolute Gasteiger partial charge is 0.324 e. The van der Waals surface area contributed by atoms with Gasteiger partial charge in [0.2, 0.25) is 0 Å². The van der Waals surface area contributed by atoms with Gasteiger partial charge in [-0.3, -0.25) is 4.57 Å². The quantitative estimate of drug-likeness (QED) is 0.520. The molecule has 0 aliphatic rings. The molecule has 0 aliphatic carbocycles. The van der Waals surface area contributed by atoms with Gasteiger partial charge in [0.05, 0.1) is 12.3 Å². The summed E-state index contributed by atoms with van der Waals surface area (Å²) in [6.45, 7) is 3.64. The first kappa shape index (κ1) is 19.2. The van der Waals surface area contributed by atoms with Gasteiger partial charge in [0, 0.05) is 9.58 Å². The van der Waals surface area contributed by atoms with E-state index in [0.717, 1.165) is 32.7 Å². The Hall–Kier alpha value is -1.59. The third-order valence-electron chi connectivity index (χ3n) is 4.30. The number of aryl methyl sites for hydroxylation is 1. The van der Waals surface area contributed by atoms with Crippen molar-refractivity contribution in [2.75, 3.05) is 6.61 Å². The van der Waals surface area contributed by atoms with E-state index in [9.17, 15) is 18.2 Å². The summed E-state index contributed by atoms with van der Waals surface area (Å²) in [6.07, 6.45) is 0.0820. The Morgan fingerprint density at radius 3 is 2.58 bits per heavy atom. The van der Waals surface area contributed by atoms with E-state index in [1.54, 1.807) is 6.92 Å². The number of hydrogen-bond donors (Lipinski definition) is 1. The molecule has 0 aliphatic heterocycles. The van der Waals surface area contributed by atoms with Gasteiger partial charge in [-0.15, -0.1) is 11.3 Å². The van der Waals surface area contributed by atoms with Gasteiger partial charge in [-0.1, -0.05) is 24.3 Å². The van der Waals surface area contributed by atoms with E-state index in [1.165, 1.54) is 17.4 Å². The number of benzene rings is 2. The highest BCUT2D eigenvalue weighted by Crippen LogP contribution is 2.60. The van der Waals surface area contributed by atoms with Crippen LogP contribution in [0.4, 0.5) is 8.78 Å². The summed E-state index contributed by atoms with van der Waals surface area (Å²) in [4.78, 5) is 11.3. The standard InChI is InChI=1S/C19H19F2O3PS/c1-3-24-25(22,23)17(11-13-8-9-15(20)16(21)10-13)19-12(2)14-6-4-5-7-18(14)26-19/h4-10,17H,3,11H2,1-2H3,(H,22,23). The molecule has 3 rings (SSSR count). The number of rotatable bonds is 6. The van der Waals surface area contributed by atoms with Crippen molar-refractivity contribution in [2.24, 2.45) is 0 Å². The summed E-state index contributed by atoms with van der Waals surface area (Å²) in [5, 5.41) is 1.01. The highest BCUT2D eigenvalue weighted by atomic mass is 32.1. The maximum absolute atomic E-state index is 13.6. The van der Waals surface area contributed by atoms with Crippen molar-refractivity contribution < 1.29 is 22.8 Å². The van der Waals surface area contributed by atoms with Crippen LogP contribution in [0, 0.1) is 18.6 Å². The van der Waals surface area contributed by atoms with Crippen LogP contribution in [0.25, 0.3) is 10.1 Å². The minimum absolute atomic E-state index is 0.0820. The maximum Gasteiger partial charge on any atom is 0.336 e. The minimum Gasteiger partial charge on any atom is -0.324 e. The lowest BCUT2D eigenvalue weighted by Crippen LogP contribution is -2.07. The molecule has 0 radical (unpaired) electrons. The molecular weight excluding hydrogens is 377 g/mol. The Bertz CT molecular complexity index is 986. The van der Waals surface area contributed by atoms with Crippen LogP contribution in [-0.2, 0) is 15.5 Å². The second-order valence-electron chi connectivity index (χ2n) is 6.04. The van der Waals surface area contributed by atoms with Crippen LogP contribution in [0.2, 0.25) is 0 Å². The average Bonchev–Trinajstić information content (AvgIpc) is 2.92. The van der Waals surface area contributed by atoms with Crippen LogP contribution in [0.15, 0.2) is 42.5 Å². The van der Waals surface area contributed by atoms with Crippen molar-refractivity contribution in [3.8, 4) is 0 Å². The zero-order valence-corrected chi connectivity index (χ0v) is 16.1. The van der Waals surface area contributed by atoms with Crippen molar-refractivity contribution in [3.63, 3.8) is 0 Å². The summed E-state index contributed by atoms with van der Waals surface area (Å²) >= 11 is 1.43. The molecule has 1 N–H and O–H groups in total. The fraction of sp³-hybridized carbons (Fsp3) is 0.263. The van der Waals surface area contributed by atoms with Gasteiger partial charge < -0.3 is 9.42 Å². The number of thiophene rings is 1. The van der Waals surface area contributed by atoms with Crippen molar-refractivity contribution in [2.45, 2.75) is 25.9 Å². The van der Waals surface area contributed by atoms with Crippen molar-refractivity contribution in [1.82, 2.24) is 0 Å². The molecule has 0 amide bonds. The monoisotopic (exact) mass is 396 g/mol. The second kappa shape index (κ2) is 7.57. The zero-order chi connectivity index (χ0) is 18.9. The van der Waals surface area contributed by atoms with E-state index in [4.69, 9.17) is 4.52 Å². The zero-order valence-electron chi connectivity index (χ0n) is 14.4. The Labute approximate surface area is 154 Å². The first-order valence-electron chi connectivity index (χ1n) is 8.22. The molecule has 1 heterocycles. The molecule has 2 aromatic carbocycles. The van der Waals surface area contributed by atoms with E-state index in [1.807, 2.05) is 31.2 Å². The SMILES string of the molecule is CCOP(=O)(O)C(Cc1ccc(F)c(F)c1)c1sc2ccccc2c1C. The van der Waals surface area contributed by atoms with E-state index >= 15 is 0 Å². The lowest BCUT2D eigenvalue weighted by molar-refractivity contribution is 0.264. The topological polar surface area (TPSA) is 46.5 Å². The van der Waals surface area contributed by atoms with Crippen LogP contribution in [0.1, 0.15) is 28.6 Å².